The number of anilines is 1. The van der Waals surface area contributed by atoms with Gasteiger partial charge in [0, 0.05) is 29.5 Å². The van der Waals surface area contributed by atoms with Crippen molar-refractivity contribution >= 4 is 34.6 Å². The number of nitrogens with one attached hydrogen (secondary N) is 2. The largest absolute Gasteiger partial charge is 0.497 e. The minimum Gasteiger partial charge on any atom is -0.497 e. The van der Waals surface area contributed by atoms with Crippen LogP contribution in [-0.2, 0) is 11.3 Å². The van der Waals surface area contributed by atoms with Gasteiger partial charge in [0.05, 0.1) is 19.9 Å². The third-order valence-corrected chi connectivity index (χ3v) is 6.13. The van der Waals surface area contributed by atoms with Gasteiger partial charge in [-0.05, 0) is 37.3 Å². The van der Waals surface area contributed by atoms with Gasteiger partial charge < -0.3 is 14.8 Å². The summed E-state index contributed by atoms with van der Waals surface area (Å²) >= 11 is 6.71. The van der Waals surface area contributed by atoms with Gasteiger partial charge in [0.15, 0.2) is 15.7 Å². The lowest BCUT2D eigenvalue weighted by Gasteiger charge is -2.08. The topological polar surface area (TPSA) is 94.1 Å². The Morgan fingerprint density at radius 1 is 1.18 bits per heavy atom. The number of aryl methyl sites for hydroxylation is 1. The van der Waals surface area contributed by atoms with Crippen molar-refractivity contribution in [3.63, 3.8) is 0 Å². The number of aromatic nitrogens is 4. The van der Waals surface area contributed by atoms with E-state index >= 15 is 0 Å². The quantitative estimate of drug-likeness (QED) is 0.341. The fourth-order valence-electron chi connectivity index (χ4n) is 3.31. The molecule has 2 N–H and O–H groups in total. The smallest absolute Gasteiger partial charge is 0.227 e. The number of hydrogen-bond donors (Lipinski definition) is 2. The first kappa shape index (κ1) is 22.7. The summed E-state index contributed by atoms with van der Waals surface area (Å²) in [6.07, 6.45) is 0.226. The van der Waals surface area contributed by atoms with E-state index in [-0.39, 0.29) is 12.3 Å². The number of hydrogen-bond acceptors (Lipinski definition) is 7. The number of aromatic amines is 1. The van der Waals surface area contributed by atoms with Crippen LogP contribution < -0.4 is 14.8 Å². The second-order valence-electron chi connectivity index (χ2n) is 7.27. The Hall–Kier alpha value is -3.50. The summed E-state index contributed by atoms with van der Waals surface area (Å²) in [4.78, 5) is 17.2. The van der Waals surface area contributed by atoms with Crippen molar-refractivity contribution in [2.45, 2.75) is 19.9 Å². The van der Waals surface area contributed by atoms with Crippen LogP contribution in [-0.4, -0.2) is 39.9 Å². The first-order chi connectivity index (χ1) is 16.0. The molecule has 0 spiro atoms. The molecule has 0 radical (unpaired) electrons. The molecule has 0 fully saturated rings. The van der Waals surface area contributed by atoms with Crippen molar-refractivity contribution in [2.24, 2.45) is 0 Å². The Kier molecular flexibility index (Phi) is 6.85. The molecule has 33 heavy (non-hydrogen) atoms. The second-order valence-corrected chi connectivity index (χ2v) is 8.52. The van der Waals surface area contributed by atoms with Gasteiger partial charge in [-0.15, -0.1) is 11.3 Å². The van der Waals surface area contributed by atoms with E-state index in [1.165, 1.54) is 11.3 Å². The van der Waals surface area contributed by atoms with E-state index in [9.17, 15) is 4.79 Å². The van der Waals surface area contributed by atoms with Crippen molar-refractivity contribution in [1.29, 1.82) is 0 Å². The number of rotatable bonds is 8. The molecule has 0 unspecified atom stereocenters. The van der Waals surface area contributed by atoms with E-state index in [1.54, 1.807) is 14.2 Å². The number of thiazole rings is 1. The maximum absolute atomic E-state index is 12.6. The number of H-pyrrole nitrogens is 1. The van der Waals surface area contributed by atoms with Gasteiger partial charge in [-0.1, -0.05) is 29.8 Å². The summed E-state index contributed by atoms with van der Waals surface area (Å²) in [6, 6.07) is 13.5. The summed E-state index contributed by atoms with van der Waals surface area (Å²) < 4.78 is 13.0. The molecular formula is C23H23N5O3S2. The minimum absolute atomic E-state index is 0.161. The number of benzene rings is 2. The molecule has 0 atom stereocenters. The van der Waals surface area contributed by atoms with Gasteiger partial charge in [0.1, 0.15) is 11.5 Å². The lowest BCUT2D eigenvalue weighted by atomic mass is 10.1. The third kappa shape index (κ3) is 5.12. The molecule has 10 heteroatoms. The molecule has 8 nitrogen and oxygen atoms in total. The number of carbonyl (C=O) groups is 1. The molecule has 4 rings (SSSR count). The van der Waals surface area contributed by atoms with E-state index in [1.807, 2.05) is 59.3 Å². The molecule has 2 aromatic carbocycles. The van der Waals surface area contributed by atoms with Gasteiger partial charge in [0.2, 0.25) is 5.91 Å². The average molecular weight is 482 g/mol. The number of carbonyl (C=O) groups excluding carboxylic acids is 1. The Labute approximate surface area is 200 Å². The first-order valence-electron chi connectivity index (χ1n) is 10.2. The Morgan fingerprint density at radius 3 is 2.70 bits per heavy atom. The molecule has 4 aromatic rings. The number of methoxy groups -OCH3 is 2. The van der Waals surface area contributed by atoms with Gasteiger partial charge in [-0.2, -0.15) is 5.10 Å². The van der Waals surface area contributed by atoms with Crippen LogP contribution in [0.15, 0.2) is 47.8 Å². The highest BCUT2D eigenvalue weighted by Crippen LogP contribution is 2.35. The predicted octanol–water partition coefficient (Wildman–Crippen LogP) is 5.09. The van der Waals surface area contributed by atoms with Crippen molar-refractivity contribution in [3.05, 3.63) is 58.2 Å². The highest BCUT2D eigenvalue weighted by atomic mass is 32.1. The van der Waals surface area contributed by atoms with Crippen LogP contribution in [0.3, 0.4) is 0 Å². The zero-order valence-corrected chi connectivity index (χ0v) is 20.0. The van der Waals surface area contributed by atoms with Crippen molar-refractivity contribution in [1.82, 2.24) is 19.7 Å². The van der Waals surface area contributed by atoms with Crippen LogP contribution in [0.1, 0.15) is 12.0 Å². The third-order valence-electron chi connectivity index (χ3n) is 5.06. The number of ether oxygens (including phenoxy) is 2. The van der Waals surface area contributed by atoms with Crippen LogP contribution in [0.2, 0.25) is 0 Å². The molecule has 0 aliphatic carbocycles. The van der Waals surface area contributed by atoms with Crippen LogP contribution in [0.25, 0.3) is 22.6 Å². The van der Waals surface area contributed by atoms with E-state index in [0.29, 0.717) is 39.5 Å². The zero-order valence-electron chi connectivity index (χ0n) is 18.4. The molecule has 0 saturated heterocycles. The zero-order chi connectivity index (χ0) is 23.4. The van der Waals surface area contributed by atoms with Crippen LogP contribution in [0, 0.1) is 11.7 Å². The Bertz CT molecular complexity index is 1320. The van der Waals surface area contributed by atoms with E-state index in [2.05, 4.69) is 20.5 Å². The minimum atomic E-state index is -0.161. The normalized spacial score (nSPS) is 10.8. The molecule has 0 aliphatic heterocycles. The maximum Gasteiger partial charge on any atom is 0.227 e. The maximum atomic E-state index is 12.6. The van der Waals surface area contributed by atoms with E-state index in [4.69, 9.17) is 21.7 Å². The van der Waals surface area contributed by atoms with E-state index in [0.717, 1.165) is 16.7 Å². The Morgan fingerprint density at radius 2 is 1.97 bits per heavy atom. The average Bonchev–Trinajstić information content (AvgIpc) is 3.44. The van der Waals surface area contributed by atoms with Crippen molar-refractivity contribution in [3.8, 4) is 34.1 Å². The standard InChI is InChI=1S/C23H23N5O3S2/c1-14-4-6-15(7-5-14)21-26-27-23(32)28(21)11-10-20(29)25-22-24-18(13-33-22)17-12-16(30-2)8-9-19(17)31-3/h4-9,12-13H,10-11H2,1-3H3,(H,27,32)(H,24,25,29). The fourth-order valence-corrected chi connectivity index (χ4v) is 4.26. The molecule has 0 bridgehead atoms. The van der Waals surface area contributed by atoms with E-state index < -0.39 is 0 Å². The van der Waals surface area contributed by atoms with Crippen molar-refractivity contribution < 1.29 is 14.3 Å². The number of nitrogens with zero attached hydrogens (tertiary/aromatic N) is 3. The van der Waals surface area contributed by atoms with Gasteiger partial charge in [-0.25, -0.2) is 4.98 Å². The Balaban J connectivity index is 1.44. The molecule has 0 aliphatic rings. The predicted molar refractivity (Wildman–Crippen MR) is 131 cm³/mol. The summed E-state index contributed by atoms with van der Waals surface area (Å²) in [5, 5.41) is 12.4. The van der Waals surface area contributed by atoms with Gasteiger partial charge >= 0.3 is 0 Å². The monoisotopic (exact) mass is 481 g/mol. The van der Waals surface area contributed by atoms with Gasteiger partial charge in [0.25, 0.3) is 0 Å². The fraction of sp³-hybridized carbons (Fsp3) is 0.217. The highest BCUT2D eigenvalue weighted by Gasteiger charge is 2.14. The lowest BCUT2D eigenvalue weighted by molar-refractivity contribution is -0.116. The van der Waals surface area contributed by atoms with Crippen LogP contribution in [0.5, 0.6) is 11.5 Å². The summed E-state index contributed by atoms with van der Waals surface area (Å²) in [6.45, 7) is 2.42. The SMILES string of the molecule is COc1ccc(OC)c(-c2csc(NC(=O)CCn3c(-c4ccc(C)cc4)n[nH]c3=S)n2)c1. The highest BCUT2D eigenvalue weighted by molar-refractivity contribution is 7.71. The molecule has 170 valence electrons. The van der Waals surface area contributed by atoms with Gasteiger partial charge in [-0.3, -0.25) is 14.5 Å². The summed E-state index contributed by atoms with van der Waals surface area (Å²) in [7, 11) is 3.21. The molecule has 2 aromatic heterocycles. The molecule has 0 saturated carbocycles. The summed E-state index contributed by atoms with van der Waals surface area (Å²) in [5.74, 6) is 1.92. The second kappa shape index (κ2) is 9.97. The van der Waals surface area contributed by atoms with Crippen LogP contribution in [0.4, 0.5) is 5.13 Å². The molecule has 1 amide bonds. The molecular weight excluding hydrogens is 458 g/mol. The first-order valence-corrected chi connectivity index (χ1v) is 11.5. The number of amides is 1. The van der Waals surface area contributed by atoms with Crippen LogP contribution >= 0.6 is 23.6 Å². The molecule has 2 heterocycles. The summed E-state index contributed by atoms with van der Waals surface area (Å²) in [5.41, 5.74) is 3.59. The lowest BCUT2D eigenvalue weighted by Crippen LogP contribution is -2.15. The van der Waals surface area contributed by atoms with Crippen molar-refractivity contribution in [2.75, 3.05) is 19.5 Å².